The molecular weight excluding hydrogens is 628 g/mol. The maximum Gasteiger partial charge on any atom is 0.379 e. The Balaban J connectivity index is 0.00000496. The highest BCUT2D eigenvalue weighted by Gasteiger charge is 2.41. The van der Waals surface area contributed by atoms with Crippen molar-refractivity contribution in [3.8, 4) is 5.75 Å². The van der Waals surface area contributed by atoms with Crippen LogP contribution >= 0.6 is 15.2 Å². The number of hydrogen-bond acceptors (Lipinski definition) is 9. The van der Waals surface area contributed by atoms with Crippen LogP contribution in [-0.2, 0) is 40.2 Å². The SMILES string of the molecule is C=O.CCOc1c(CO)cccc1C[NH+](CP(=O)([O-])O)C(CO)C(CCCCN)[NH+](Cc1cccc(CO)c1C)CP(=O)(O)O. The van der Waals surface area contributed by atoms with Gasteiger partial charge in [0.15, 0.2) is 19.9 Å². The first-order valence-corrected chi connectivity index (χ1v) is 18.2. The van der Waals surface area contributed by atoms with Gasteiger partial charge in [-0.25, -0.2) is 0 Å². The number of hydrogen-bond donors (Lipinski definition) is 9. The standard InChI is InChI=1S/C28H47N3O10P2.CH2O/c1-3-41-28-23(9-7-11-25(28)17-33)15-31(20-43(38,39)40)27(18-34)26(12-4-5-13-29)30(19-42(35,36)37)14-22-8-6-10-24(16-32)21(22)2;1-2/h6-11,26-27,32-34H,3-5,12-20,29H2,1-2H3,(H2,35,36,37)(H2,38,39,40);1H2/p+1. The van der Waals surface area contributed by atoms with Crippen LogP contribution in [0.5, 0.6) is 5.75 Å². The van der Waals surface area contributed by atoms with Gasteiger partial charge in [0.25, 0.3) is 0 Å². The van der Waals surface area contributed by atoms with Gasteiger partial charge in [-0.05, 0) is 50.4 Å². The van der Waals surface area contributed by atoms with E-state index < -0.39 is 46.5 Å². The molecule has 0 amide bonds. The van der Waals surface area contributed by atoms with Gasteiger partial charge < -0.3 is 64.5 Å². The Labute approximate surface area is 264 Å². The molecule has 0 fully saturated rings. The van der Waals surface area contributed by atoms with Crippen LogP contribution in [0.2, 0.25) is 0 Å². The monoisotopic (exact) mass is 678 g/mol. The second-order valence-electron chi connectivity index (χ2n) is 10.8. The van der Waals surface area contributed by atoms with Crippen LogP contribution in [0.4, 0.5) is 0 Å². The summed E-state index contributed by atoms with van der Waals surface area (Å²) in [6, 6.07) is 8.79. The summed E-state index contributed by atoms with van der Waals surface area (Å²) in [6.45, 7) is 5.23. The lowest BCUT2D eigenvalue weighted by Gasteiger charge is -2.39. The van der Waals surface area contributed by atoms with Gasteiger partial charge in [0, 0.05) is 23.1 Å². The predicted octanol–water partition coefficient (Wildman–Crippen LogP) is -1.84. The van der Waals surface area contributed by atoms with Gasteiger partial charge >= 0.3 is 7.60 Å². The van der Waals surface area contributed by atoms with E-state index in [0.717, 1.165) is 11.1 Å². The number of para-hydroxylation sites is 1. The zero-order valence-electron chi connectivity index (χ0n) is 26.0. The van der Waals surface area contributed by atoms with E-state index in [9.17, 15) is 44.0 Å². The molecule has 10 N–H and O–H groups in total. The van der Waals surface area contributed by atoms with Crippen LogP contribution in [0.1, 0.15) is 54.0 Å². The fourth-order valence-electron chi connectivity index (χ4n) is 5.69. The molecule has 5 atom stereocenters. The lowest BCUT2D eigenvalue weighted by atomic mass is 9.96. The molecule has 2 rings (SSSR count). The molecule has 0 aromatic heterocycles. The van der Waals surface area contributed by atoms with Crippen molar-refractivity contribution < 1.29 is 63.4 Å². The zero-order valence-corrected chi connectivity index (χ0v) is 27.8. The summed E-state index contributed by atoms with van der Waals surface area (Å²) in [5.74, 6) is 0.371. The number of aliphatic hydroxyl groups is 3. The number of nitrogens with one attached hydrogen (secondary N) is 2. The van der Waals surface area contributed by atoms with E-state index >= 15 is 0 Å². The molecule has 0 spiro atoms. The average Bonchev–Trinajstić information content (AvgIpc) is 2.98. The molecule has 0 bridgehead atoms. The van der Waals surface area contributed by atoms with Crippen LogP contribution in [0.15, 0.2) is 36.4 Å². The van der Waals surface area contributed by atoms with E-state index in [2.05, 4.69) is 0 Å². The van der Waals surface area contributed by atoms with Crippen molar-refractivity contribution in [1.29, 1.82) is 0 Å². The number of carbonyl (C=O) groups is 1. The summed E-state index contributed by atoms with van der Waals surface area (Å²) in [4.78, 5) is 51.2. The molecule has 0 radical (unpaired) electrons. The van der Waals surface area contributed by atoms with E-state index in [0.29, 0.717) is 53.1 Å². The highest BCUT2D eigenvalue weighted by molar-refractivity contribution is 7.51. The second-order valence-corrected chi connectivity index (χ2v) is 14.1. The van der Waals surface area contributed by atoms with Crippen molar-refractivity contribution in [3.63, 3.8) is 0 Å². The predicted molar refractivity (Wildman–Crippen MR) is 166 cm³/mol. The van der Waals surface area contributed by atoms with Gasteiger partial charge in [-0.1, -0.05) is 30.3 Å². The summed E-state index contributed by atoms with van der Waals surface area (Å²) >= 11 is 0. The molecule has 256 valence electrons. The Bertz CT molecular complexity index is 1260. The van der Waals surface area contributed by atoms with E-state index in [-0.39, 0.29) is 37.8 Å². The first-order valence-electron chi connectivity index (χ1n) is 14.7. The quantitative estimate of drug-likeness (QED) is 0.0555. The molecule has 0 aliphatic rings. The van der Waals surface area contributed by atoms with Crippen molar-refractivity contribution in [1.82, 2.24) is 0 Å². The molecule has 0 saturated carbocycles. The number of carbonyl (C=O) groups excluding carboxylic acids is 1. The third kappa shape index (κ3) is 13.7. The van der Waals surface area contributed by atoms with Crippen LogP contribution < -0.4 is 25.2 Å². The number of ether oxygens (including phenoxy) is 1. The van der Waals surface area contributed by atoms with Gasteiger partial charge in [-0.3, -0.25) is 4.57 Å². The highest BCUT2D eigenvalue weighted by Crippen LogP contribution is 2.32. The van der Waals surface area contributed by atoms with Gasteiger partial charge in [-0.2, -0.15) is 0 Å². The molecule has 2 aromatic rings. The number of aliphatic hydroxyl groups excluding tert-OH is 3. The minimum absolute atomic E-state index is 0.0310. The van der Waals surface area contributed by atoms with Crippen molar-refractivity contribution in [2.45, 2.75) is 71.5 Å². The van der Waals surface area contributed by atoms with Gasteiger partial charge in [0.05, 0.1) is 19.8 Å². The molecule has 5 unspecified atom stereocenters. The number of benzene rings is 2. The molecule has 14 nitrogen and oxygen atoms in total. The molecule has 0 aliphatic carbocycles. The average molecular weight is 679 g/mol. The topological polar surface area (TPSA) is 240 Å². The van der Waals surface area contributed by atoms with E-state index in [1.165, 1.54) is 0 Å². The Morgan fingerprint density at radius 1 is 0.867 bits per heavy atom. The Morgan fingerprint density at radius 2 is 1.40 bits per heavy atom. The van der Waals surface area contributed by atoms with Crippen molar-refractivity contribution >= 4 is 22.0 Å². The zero-order chi connectivity index (χ0) is 34.2. The Kier molecular flexibility index (Phi) is 18.5. The molecule has 0 aliphatic heterocycles. The first kappa shape index (κ1) is 41.0. The van der Waals surface area contributed by atoms with E-state index in [1.807, 2.05) is 13.7 Å². The van der Waals surface area contributed by atoms with Crippen LogP contribution in [0.3, 0.4) is 0 Å². The van der Waals surface area contributed by atoms with E-state index in [4.69, 9.17) is 15.3 Å². The van der Waals surface area contributed by atoms with Crippen LogP contribution in [0, 0.1) is 6.92 Å². The maximum absolute atomic E-state index is 12.4. The van der Waals surface area contributed by atoms with Gasteiger partial charge in [0.1, 0.15) is 44.6 Å². The summed E-state index contributed by atoms with van der Waals surface area (Å²) < 4.78 is 30.5. The van der Waals surface area contributed by atoms with Crippen LogP contribution in [0.25, 0.3) is 0 Å². The Hall–Kier alpha value is -2.03. The molecule has 0 saturated heterocycles. The van der Waals surface area contributed by atoms with E-state index in [1.54, 1.807) is 43.3 Å². The first-order chi connectivity index (χ1) is 21.3. The number of quaternary nitrogens is 2. The Morgan fingerprint density at radius 3 is 1.91 bits per heavy atom. The third-order valence-corrected chi connectivity index (χ3v) is 9.34. The largest absolute Gasteiger partial charge is 0.775 e. The lowest BCUT2D eigenvalue weighted by molar-refractivity contribution is -0.999. The van der Waals surface area contributed by atoms with Crippen LogP contribution in [-0.4, -0.2) is 81.2 Å². The fourth-order valence-corrected chi connectivity index (χ4v) is 7.42. The fraction of sp³-hybridized carbons (Fsp3) is 0.552. The summed E-state index contributed by atoms with van der Waals surface area (Å²) in [5, 5.41) is 30.4. The highest BCUT2D eigenvalue weighted by atomic mass is 31.2. The number of unbranched alkanes of at least 4 members (excludes halogenated alkanes) is 1. The third-order valence-electron chi connectivity index (χ3n) is 7.71. The minimum Gasteiger partial charge on any atom is -0.775 e. The number of nitrogens with two attached hydrogens (primary N) is 1. The van der Waals surface area contributed by atoms with Gasteiger partial charge in [0.2, 0.25) is 0 Å². The number of rotatable bonds is 20. The molecule has 0 heterocycles. The van der Waals surface area contributed by atoms with Crippen molar-refractivity contribution in [3.05, 3.63) is 64.2 Å². The smallest absolute Gasteiger partial charge is 0.379 e. The van der Waals surface area contributed by atoms with Crippen molar-refractivity contribution in [2.24, 2.45) is 5.73 Å². The molecular formula is C29H50N3O11P2+. The second kappa shape index (κ2) is 20.3. The molecule has 2 aromatic carbocycles. The summed E-state index contributed by atoms with van der Waals surface area (Å²) in [6.07, 6.45) is 0.139. The summed E-state index contributed by atoms with van der Waals surface area (Å²) in [7, 11) is -9.52. The summed E-state index contributed by atoms with van der Waals surface area (Å²) in [5.41, 5.74) is 8.94. The normalized spacial score (nSPS) is 15.7. The van der Waals surface area contributed by atoms with Crippen molar-refractivity contribution in [2.75, 3.05) is 32.3 Å². The maximum atomic E-state index is 12.4. The lowest BCUT2D eigenvalue weighted by Crippen LogP contribution is -3.25. The minimum atomic E-state index is -4.90. The molecule has 45 heavy (non-hydrogen) atoms. The molecule has 16 heteroatoms. The van der Waals surface area contributed by atoms with Gasteiger partial charge in [-0.15, -0.1) is 0 Å².